The number of nitrogen functional groups attached to an aromatic ring is 1. The van der Waals surface area contributed by atoms with E-state index in [0.29, 0.717) is 5.69 Å². The number of pyridine rings is 2. The van der Waals surface area contributed by atoms with Gasteiger partial charge in [0.1, 0.15) is 5.82 Å². The molecule has 4 heteroatoms. The van der Waals surface area contributed by atoms with Crippen LogP contribution in [0.5, 0.6) is 0 Å². The number of nitrogens with zero attached hydrogens (tertiary/aromatic N) is 2. The highest BCUT2D eigenvalue weighted by Crippen LogP contribution is 2.23. The molecular weight excluding hydrogens is 224 g/mol. The third kappa shape index (κ3) is 1.96. The summed E-state index contributed by atoms with van der Waals surface area (Å²) in [5.74, 6) is 0.752. The lowest BCUT2D eigenvalue weighted by Crippen LogP contribution is -1.96. The number of rotatable bonds is 2. The molecule has 3 N–H and O–H groups in total. The average molecular weight is 235 g/mol. The van der Waals surface area contributed by atoms with Gasteiger partial charge in [-0.15, -0.1) is 0 Å². The fraction of sp³-hybridized carbons (Fsp3) is 0. The predicted molar refractivity (Wildman–Crippen MR) is 72.5 cm³/mol. The lowest BCUT2D eigenvalue weighted by atomic mass is 10.2. The van der Waals surface area contributed by atoms with E-state index in [2.05, 4.69) is 21.4 Å². The zero-order chi connectivity index (χ0) is 12.4. The molecule has 18 heavy (non-hydrogen) atoms. The van der Waals surface area contributed by atoms with Crippen LogP contribution in [-0.4, -0.2) is 9.97 Å². The lowest BCUT2D eigenvalue weighted by Gasteiger charge is -2.08. The van der Waals surface area contributed by atoms with E-state index in [9.17, 15) is 0 Å². The molecule has 1 aromatic carbocycles. The Hall–Kier alpha value is -2.62. The van der Waals surface area contributed by atoms with Crippen molar-refractivity contribution < 1.29 is 0 Å². The van der Waals surface area contributed by atoms with E-state index in [0.717, 1.165) is 22.3 Å². The quantitative estimate of drug-likeness (QED) is 0.670. The Balaban J connectivity index is 2.05. The van der Waals surface area contributed by atoms with Crippen molar-refractivity contribution >= 4 is 28.0 Å². The summed E-state index contributed by atoms with van der Waals surface area (Å²) in [6, 6.07) is 12.5. The minimum atomic E-state index is 0.596. The normalized spacial score (nSPS) is 10.4. The maximum atomic E-state index is 5.70. The van der Waals surface area contributed by atoms with Crippen molar-refractivity contribution in [1.82, 2.24) is 9.97 Å². The summed E-state index contributed by atoms with van der Waals surface area (Å²) in [7, 11) is 0. The van der Waals surface area contributed by atoms with Crippen LogP contribution < -0.4 is 11.1 Å². The fourth-order valence-corrected chi connectivity index (χ4v) is 1.80. The van der Waals surface area contributed by atoms with E-state index >= 15 is 0 Å². The van der Waals surface area contributed by atoms with Crippen molar-refractivity contribution in [3.8, 4) is 0 Å². The zero-order valence-electron chi connectivity index (χ0n) is 9.59. The summed E-state index contributed by atoms with van der Waals surface area (Å²) in [4.78, 5) is 8.44. The number of nitrogens with one attached hydrogen (secondary N) is 1. The molecule has 0 saturated carbocycles. The van der Waals surface area contributed by atoms with Gasteiger partial charge >= 0.3 is 0 Å². The Morgan fingerprint density at radius 2 is 2.00 bits per heavy atom. The van der Waals surface area contributed by atoms with Gasteiger partial charge in [-0.2, -0.15) is 0 Å². The molecule has 3 aromatic rings. The maximum absolute atomic E-state index is 5.70. The highest BCUT2D eigenvalue weighted by atomic mass is 15.0. The van der Waals surface area contributed by atoms with Crippen molar-refractivity contribution in [3.05, 3.63) is 55.0 Å². The number of benzene rings is 1. The average Bonchev–Trinajstić information content (AvgIpc) is 2.39. The minimum Gasteiger partial charge on any atom is -0.398 e. The summed E-state index contributed by atoms with van der Waals surface area (Å²) in [5, 5.41) is 5.26. The first-order valence-electron chi connectivity index (χ1n) is 5.56. The van der Waals surface area contributed by atoms with Crippen LogP contribution in [0.25, 0.3) is 10.8 Å². The van der Waals surface area contributed by atoms with E-state index in [-0.39, 0.29) is 0 Å². The van der Waals surface area contributed by atoms with Gasteiger partial charge in [-0.1, -0.05) is 6.07 Å². The molecule has 2 heterocycles. The highest BCUT2D eigenvalue weighted by molar-refractivity contribution is 5.92. The Kier molecular flexibility index (Phi) is 2.53. The molecule has 0 aliphatic heterocycles. The topological polar surface area (TPSA) is 63.8 Å². The first-order chi connectivity index (χ1) is 8.83. The van der Waals surface area contributed by atoms with E-state index in [4.69, 9.17) is 5.73 Å². The molecule has 2 aromatic heterocycles. The number of hydrogen-bond donors (Lipinski definition) is 2. The van der Waals surface area contributed by atoms with Crippen molar-refractivity contribution in [2.24, 2.45) is 0 Å². The van der Waals surface area contributed by atoms with Crippen molar-refractivity contribution in [2.45, 2.75) is 0 Å². The molecule has 0 bridgehead atoms. The molecule has 4 nitrogen and oxygen atoms in total. The van der Waals surface area contributed by atoms with Crippen LogP contribution in [0, 0.1) is 6.07 Å². The second-order valence-corrected chi connectivity index (χ2v) is 3.90. The summed E-state index contributed by atoms with van der Waals surface area (Å²) < 4.78 is 0. The lowest BCUT2D eigenvalue weighted by molar-refractivity contribution is 1.31. The third-order valence-electron chi connectivity index (χ3n) is 2.64. The number of nitrogens with two attached hydrogens (primary N) is 1. The molecule has 87 valence electrons. The largest absolute Gasteiger partial charge is 0.398 e. The molecule has 0 unspecified atom stereocenters. The van der Waals surface area contributed by atoms with Gasteiger partial charge in [-0.05, 0) is 29.7 Å². The highest BCUT2D eigenvalue weighted by Gasteiger charge is 2.02. The fourth-order valence-electron chi connectivity index (χ4n) is 1.80. The van der Waals surface area contributed by atoms with Crippen molar-refractivity contribution in [1.29, 1.82) is 0 Å². The zero-order valence-corrected chi connectivity index (χ0v) is 9.59. The summed E-state index contributed by atoms with van der Waals surface area (Å²) in [6.45, 7) is 0. The van der Waals surface area contributed by atoms with Gasteiger partial charge in [-0.25, -0.2) is 4.98 Å². The van der Waals surface area contributed by atoms with Gasteiger partial charge in [0, 0.05) is 41.4 Å². The Labute approximate surface area is 104 Å². The Morgan fingerprint density at radius 1 is 1.11 bits per heavy atom. The van der Waals surface area contributed by atoms with Crippen LogP contribution in [0.15, 0.2) is 48.9 Å². The smallest absolute Gasteiger partial charge is 0.139 e. The Bertz CT molecular complexity index is 689. The van der Waals surface area contributed by atoms with Crippen molar-refractivity contribution in [2.75, 3.05) is 11.1 Å². The second-order valence-electron chi connectivity index (χ2n) is 3.90. The SMILES string of the molecule is Nc1[c]c(Nc2nccc3ccncc23)ccc1. The number of aromatic nitrogens is 2. The van der Waals surface area contributed by atoms with Crippen LogP contribution >= 0.6 is 0 Å². The monoisotopic (exact) mass is 235 g/mol. The van der Waals surface area contributed by atoms with Crippen LogP contribution in [0.1, 0.15) is 0 Å². The van der Waals surface area contributed by atoms with E-state index in [1.807, 2.05) is 24.3 Å². The van der Waals surface area contributed by atoms with Gasteiger partial charge in [0.15, 0.2) is 0 Å². The molecule has 3 rings (SSSR count). The summed E-state index contributed by atoms with van der Waals surface area (Å²) >= 11 is 0. The second kappa shape index (κ2) is 4.33. The molecule has 0 saturated heterocycles. The molecular formula is C14H11N4. The molecule has 0 aliphatic carbocycles. The van der Waals surface area contributed by atoms with Crippen LogP contribution in [-0.2, 0) is 0 Å². The van der Waals surface area contributed by atoms with Crippen molar-refractivity contribution in [3.63, 3.8) is 0 Å². The molecule has 0 fully saturated rings. The van der Waals surface area contributed by atoms with Gasteiger partial charge < -0.3 is 11.1 Å². The standard InChI is InChI=1S/C14H11N4/c15-11-2-1-3-12(8-11)18-14-13-9-16-6-4-10(13)5-7-17-14/h1-7,9H,15H2,(H,17,18). The molecule has 0 amide bonds. The van der Waals surface area contributed by atoms with E-state index in [1.54, 1.807) is 24.7 Å². The van der Waals surface area contributed by atoms with Gasteiger partial charge in [-0.3, -0.25) is 4.98 Å². The van der Waals surface area contributed by atoms with E-state index in [1.165, 1.54) is 0 Å². The number of anilines is 3. The Morgan fingerprint density at radius 3 is 2.89 bits per heavy atom. The first kappa shape index (κ1) is 10.5. The number of fused-ring (bicyclic) bond motifs is 1. The summed E-state index contributed by atoms with van der Waals surface area (Å²) in [5.41, 5.74) is 7.08. The first-order valence-corrected chi connectivity index (χ1v) is 5.56. The molecule has 0 atom stereocenters. The van der Waals surface area contributed by atoms with Crippen LogP contribution in [0.4, 0.5) is 17.2 Å². The molecule has 1 radical (unpaired) electrons. The minimum absolute atomic E-state index is 0.596. The molecule has 0 aliphatic rings. The van der Waals surface area contributed by atoms with E-state index < -0.39 is 0 Å². The third-order valence-corrected chi connectivity index (χ3v) is 2.64. The number of hydrogen-bond acceptors (Lipinski definition) is 4. The molecule has 0 spiro atoms. The van der Waals surface area contributed by atoms with Crippen LogP contribution in [0.2, 0.25) is 0 Å². The van der Waals surface area contributed by atoms with Crippen LogP contribution in [0.3, 0.4) is 0 Å². The van der Waals surface area contributed by atoms with Gasteiger partial charge in [0.2, 0.25) is 0 Å². The van der Waals surface area contributed by atoms with Gasteiger partial charge in [0.25, 0.3) is 0 Å². The maximum Gasteiger partial charge on any atom is 0.139 e. The van der Waals surface area contributed by atoms with Gasteiger partial charge in [0.05, 0.1) is 0 Å². The predicted octanol–water partition coefficient (Wildman–Crippen LogP) is 2.76. The summed E-state index contributed by atoms with van der Waals surface area (Å²) in [6.07, 6.45) is 5.31.